The number of aryl methyl sites for hydroxylation is 1. The van der Waals surface area contributed by atoms with E-state index in [1.54, 1.807) is 13.0 Å². The minimum absolute atomic E-state index is 0.0903. The Morgan fingerprint density at radius 1 is 1.19 bits per heavy atom. The van der Waals surface area contributed by atoms with Crippen LogP contribution in [0.25, 0.3) is 5.69 Å². The quantitative estimate of drug-likeness (QED) is 0.600. The summed E-state index contributed by atoms with van der Waals surface area (Å²) in [5, 5.41) is 9.78. The van der Waals surface area contributed by atoms with Crippen molar-refractivity contribution in [2.24, 2.45) is 5.92 Å². The van der Waals surface area contributed by atoms with Crippen LogP contribution in [0.5, 0.6) is 0 Å². The van der Waals surface area contributed by atoms with Crippen molar-refractivity contribution in [3.8, 4) is 5.69 Å². The monoisotopic (exact) mass is 442 g/mol. The van der Waals surface area contributed by atoms with Gasteiger partial charge < -0.3 is 10.6 Å². The summed E-state index contributed by atoms with van der Waals surface area (Å²) in [5.74, 6) is -0.526. The molecule has 166 valence electrons. The first-order valence-corrected chi connectivity index (χ1v) is 10.1. The lowest BCUT2D eigenvalue weighted by molar-refractivity contribution is -0.137. The van der Waals surface area contributed by atoms with Crippen LogP contribution in [-0.4, -0.2) is 21.6 Å². The summed E-state index contributed by atoms with van der Waals surface area (Å²) in [6.07, 6.45) is -3.49. The van der Waals surface area contributed by atoms with Gasteiger partial charge in [-0.2, -0.15) is 18.3 Å². The molecular weight excluding hydrogens is 421 g/mol. The van der Waals surface area contributed by atoms with Crippen molar-refractivity contribution in [3.63, 3.8) is 0 Å². The number of hydrogen-bond donors (Lipinski definition) is 2. The second-order valence-electron chi connectivity index (χ2n) is 7.77. The van der Waals surface area contributed by atoms with E-state index in [0.29, 0.717) is 18.5 Å². The van der Waals surface area contributed by atoms with Crippen molar-refractivity contribution < 1.29 is 22.8 Å². The average molecular weight is 442 g/mol. The summed E-state index contributed by atoms with van der Waals surface area (Å²) in [6.45, 7) is 1.68. The molecule has 0 saturated heterocycles. The SMILES string of the molecule is Cc1cc(NC(=O)CCC2Cc3ccccc3NC2=O)n(-c2cccc(C(F)(F)F)c2)n1. The van der Waals surface area contributed by atoms with E-state index < -0.39 is 11.7 Å². The smallest absolute Gasteiger partial charge is 0.326 e. The highest BCUT2D eigenvalue weighted by atomic mass is 19.4. The summed E-state index contributed by atoms with van der Waals surface area (Å²) < 4.78 is 40.5. The molecule has 2 heterocycles. The van der Waals surface area contributed by atoms with Crippen molar-refractivity contribution in [2.75, 3.05) is 10.6 Å². The number of hydrogen-bond acceptors (Lipinski definition) is 3. The molecule has 1 aliphatic rings. The summed E-state index contributed by atoms with van der Waals surface area (Å²) in [5.41, 5.74) is 1.74. The molecule has 1 atom stereocenters. The number of benzene rings is 2. The Hall–Kier alpha value is -3.62. The molecular formula is C23H21F3N4O2. The van der Waals surface area contributed by atoms with E-state index in [4.69, 9.17) is 0 Å². The average Bonchev–Trinajstić information content (AvgIpc) is 3.11. The number of aromatic nitrogens is 2. The van der Waals surface area contributed by atoms with E-state index in [0.717, 1.165) is 23.4 Å². The first kappa shape index (κ1) is 21.6. The van der Waals surface area contributed by atoms with Crippen molar-refractivity contribution in [1.82, 2.24) is 9.78 Å². The maximum atomic E-state index is 13.1. The number of rotatable bonds is 5. The molecule has 2 amide bonds. The van der Waals surface area contributed by atoms with E-state index in [1.165, 1.54) is 16.8 Å². The highest BCUT2D eigenvalue weighted by molar-refractivity contribution is 5.96. The molecule has 0 aliphatic carbocycles. The molecule has 0 fully saturated rings. The Bertz CT molecular complexity index is 1170. The standard InChI is InChI=1S/C23H21F3N4O2/c1-14-11-20(30(29-14)18-7-4-6-17(13-18)23(24,25)26)28-21(31)10-9-16-12-15-5-2-3-8-19(15)27-22(16)32/h2-8,11,13,16H,9-10,12H2,1H3,(H,27,32)(H,28,31). The number of amides is 2. The zero-order chi connectivity index (χ0) is 22.9. The molecule has 0 radical (unpaired) electrons. The number of halogens is 3. The van der Waals surface area contributed by atoms with Crippen LogP contribution in [0.4, 0.5) is 24.7 Å². The van der Waals surface area contributed by atoms with Crippen LogP contribution in [0.15, 0.2) is 54.6 Å². The predicted molar refractivity (Wildman–Crippen MR) is 113 cm³/mol. The number of nitrogens with one attached hydrogen (secondary N) is 2. The topological polar surface area (TPSA) is 76.0 Å². The lowest BCUT2D eigenvalue weighted by Crippen LogP contribution is -2.30. The third kappa shape index (κ3) is 4.66. The molecule has 0 spiro atoms. The number of anilines is 2. The van der Waals surface area contributed by atoms with Gasteiger partial charge in [0.2, 0.25) is 11.8 Å². The van der Waals surface area contributed by atoms with Crippen LogP contribution in [0.1, 0.15) is 29.7 Å². The maximum absolute atomic E-state index is 13.1. The van der Waals surface area contributed by atoms with Crippen molar-refractivity contribution in [1.29, 1.82) is 0 Å². The number of nitrogens with zero attached hydrogens (tertiary/aromatic N) is 2. The molecule has 1 unspecified atom stereocenters. The highest BCUT2D eigenvalue weighted by Crippen LogP contribution is 2.31. The molecule has 6 nitrogen and oxygen atoms in total. The van der Waals surface area contributed by atoms with Gasteiger partial charge in [0.25, 0.3) is 0 Å². The lowest BCUT2D eigenvalue weighted by Gasteiger charge is -2.24. The Kier molecular flexibility index (Phi) is 5.73. The Morgan fingerprint density at radius 2 is 1.97 bits per heavy atom. The fourth-order valence-electron chi connectivity index (χ4n) is 3.76. The van der Waals surface area contributed by atoms with Gasteiger partial charge >= 0.3 is 6.18 Å². The van der Waals surface area contributed by atoms with E-state index in [2.05, 4.69) is 15.7 Å². The van der Waals surface area contributed by atoms with Crippen molar-refractivity contribution >= 4 is 23.3 Å². The highest BCUT2D eigenvalue weighted by Gasteiger charge is 2.31. The number of alkyl halides is 3. The third-order valence-electron chi connectivity index (χ3n) is 5.35. The van der Waals surface area contributed by atoms with Gasteiger partial charge in [-0.3, -0.25) is 9.59 Å². The van der Waals surface area contributed by atoms with Gasteiger partial charge in [0.1, 0.15) is 5.82 Å². The van der Waals surface area contributed by atoms with Crippen LogP contribution in [0.2, 0.25) is 0 Å². The molecule has 0 saturated carbocycles. The van der Waals surface area contributed by atoms with E-state index in [-0.39, 0.29) is 35.7 Å². The van der Waals surface area contributed by atoms with Crippen LogP contribution in [-0.2, 0) is 22.2 Å². The van der Waals surface area contributed by atoms with Crippen LogP contribution in [0, 0.1) is 12.8 Å². The molecule has 0 bridgehead atoms. The van der Waals surface area contributed by atoms with Gasteiger partial charge in [-0.1, -0.05) is 24.3 Å². The van der Waals surface area contributed by atoms with Gasteiger partial charge in [-0.05, 0) is 49.6 Å². The molecule has 32 heavy (non-hydrogen) atoms. The normalized spacial score (nSPS) is 15.8. The zero-order valence-electron chi connectivity index (χ0n) is 17.2. The minimum atomic E-state index is -4.49. The summed E-state index contributed by atoms with van der Waals surface area (Å²) >= 11 is 0. The van der Waals surface area contributed by atoms with E-state index in [1.807, 2.05) is 24.3 Å². The van der Waals surface area contributed by atoms with Gasteiger partial charge in [0, 0.05) is 24.1 Å². The predicted octanol–water partition coefficient (Wildman–Crippen LogP) is 4.73. The Balaban J connectivity index is 1.44. The molecule has 4 rings (SSSR count). The largest absolute Gasteiger partial charge is 0.416 e. The number of para-hydroxylation sites is 1. The van der Waals surface area contributed by atoms with Gasteiger partial charge in [-0.15, -0.1) is 0 Å². The van der Waals surface area contributed by atoms with E-state index >= 15 is 0 Å². The minimum Gasteiger partial charge on any atom is -0.326 e. The van der Waals surface area contributed by atoms with E-state index in [9.17, 15) is 22.8 Å². The number of fused-ring (bicyclic) bond motifs is 1. The molecule has 9 heteroatoms. The molecule has 1 aliphatic heterocycles. The number of carbonyl (C=O) groups excluding carboxylic acids is 2. The van der Waals surface area contributed by atoms with Gasteiger partial charge in [0.05, 0.1) is 16.9 Å². The maximum Gasteiger partial charge on any atom is 0.416 e. The Labute approximate surface area is 182 Å². The molecule has 2 aromatic carbocycles. The molecule has 3 aromatic rings. The fourth-order valence-corrected chi connectivity index (χ4v) is 3.76. The third-order valence-corrected chi connectivity index (χ3v) is 5.35. The van der Waals surface area contributed by atoms with Crippen molar-refractivity contribution in [2.45, 2.75) is 32.4 Å². The molecule has 2 N–H and O–H groups in total. The van der Waals surface area contributed by atoms with Crippen LogP contribution >= 0.6 is 0 Å². The second kappa shape index (κ2) is 8.49. The summed E-state index contributed by atoms with van der Waals surface area (Å²) in [7, 11) is 0. The Morgan fingerprint density at radius 3 is 2.75 bits per heavy atom. The first-order chi connectivity index (χ1) is 15.2. The number of carbonyl (C=O) groups is 2. The molecule has 1 aromatic heterocycles. The van der Waals surface area contributed by atoms with Gasteiger partial charge in [-0.25, -0.2) is 4.68 Å². The zero-order valence-corrected chi connectivity index (χ0v) is 17.2. The lowest BCUT2D eigenvalue weighted by atomic mass is 9.89. The first-order valence-electron chi connectivity index (χ1n) is 10.1. The van der Waals surface area contributed by atoms with Crippen LogP contribution in [0.3, 0.4) is 0 Å². The van der Waals surface area contributed by atoms with Crippen LogP contribution < -0.4 is 10.6 Å². The summed E-state index contributed by atoms with van der Waals surface area (Å²) in [6, 6.07) is 13.9. The van der Waals surface area contributed by atoms with Crippen molar-refractivity contribution in [3.05, 3.63) is 71.4 Å². The van der Waals surface area contributed by atoms with Gasteiger partial charge in [0.15, 0.2) is 0 Å². The second-order valence-corrected chi connectivity index (χ2v) is 7.77. The summed E-state index contributed by atoms with van der Waals surface area (Å²) in [4.78, 5) is 24.9. The fraction of sp³-hybridized carbons (Fsp3) is 0.261.